The molecule has 0 unspecified atom stereocenters. The molecular formula is C24H19N3O5. The third-order valence-electron chi connectivity index (χ3n) is 5.24. The van der Waals surface area contributed by atoms with E-state index in [4.69, 9.17) is 0 Å². The maximum atomic E-state index is 13.1. The topological polar surface area (TPSA) is 109 Å². The van der Waals surface area contributed by atoms with E-state index < -0.39 is 23.8 Å². The Labute approximate surface area is 183 Å². The molecule has 2 heterocycles. The number of aryl methyl sites for hydroxylation is 1. The summed E-state index contributed by atoms with van der Waals surface area (Å²) in [4.78, 5) is 50.1. The lowest BCUT2D eigenvalue weighted by molar-refractivity contribution is -0.122. The second kappa shape index (κ2) is 7.99. The van der Waals surface area contributed by atoms with Crippen LogP contribution in [0.4, 0.5) is 10.5 Å². The lowest BCUT2D eigenvalue weighted by Gasteiger charge is -2.26. The monoisotopic (exact) mass is 429 g/mol. The van der Waals surface area contributed by atoms with E-state index in [9.17, 15) is 24.3 Å². The fourth-order valence-corrected chi connectivity index (χ4v) is 3.73. The lowest BCUT2D eigenvalue weighted by Crippen LogP contribution is -2.54. The highest BCUT2D eigenvalue weighted by Gasteiger charge is 2.37. The first kappa shape index (κ1) is 20.8. The van der Waals surface area contributed by atoms with E-state index in [1.165, 1.54) is 30.3 Å². The molecule has 0 spiro atoms. The quantitative estimate of drug-likeness (QED) is 0.488. The van der Waals surface area contributed by atoms with Crippen LogP contribution in [0.1, 0.15) is 27.3 Å². The molecule has 0 atom stereocenters. The highest BCUT2D eigenvalue weighted by atomic mass is 16.4. The second-order valence-corrected chi connectivity index (χ2v) is 7.31. The minimum atomic E-state index is -1.20. The molecule has 2 N–H and O–H groups in total. The summed E-state index contributed by atoms with van der Waals surface area (Å²) >= 11 is 0. The number of barbiturate groups is 1. The number of hydrogen-bond acceptors (Lipinski definition) is 4. The van der Waals surface area contributed by atoms with Crippen LogP contribution in [-0.2, 0) is 9.59 Å². The summed E-state index contributed by atoms with van der Waals surface area (Å²) in [7, 11) is 0. The molecule has 0 saturated carbocycles. The van der Waals surface area contributed by atoms with E-state index in [1.54, 1.807) is 0 Å². The van der Waals surface area contributed by atoms with Gasteiger partial charge in [0.1, 0.15) is 5.57 Å². The van der Waals surface area contributed by atoms with Gasteiger partial charge in [-0.1, -0.05) is 24.3 Å². The molecule has 32 heavy (non-hydrogen) atoms. The number of nitrogens with zero attached hydrogens (tertiary/aromatic N) is 2. The maximum absolute atomic E-state index is 13.1. The predicted octanol–water partition coefficient (Wildman–Crippen LogP) is 3.46. The van der Waals surface area contributed by atoms with Gasteiger partial charge in [0.25, 0.3) is 11.8 Å². The molecule has 1 aliphatic heterocycles. The Bertz CT molecular complexity index is 1300. The summed E-state index contributed by atoms with van der Waals surface area (Å²) in [5, 5.41) is 11.4. The van der Waals surface area contributed by atoms with Crippen LogP contribution in [-0.4, -0.2) is 33.5 Å². The van der Waals surface area contributed by atoms with Gasteiger partial charge in [0.05, 0.1) is 11.3 Å². The van der Waals surface area contributed by atoms with Crippen LogP contribution in [0.15, 0.2) is 66.2 Å². The Balaban J connectivity index is 1.76. The van der Waals surface area contributed by atoms with Crippen LogP contribution in [0.3, 0.4) is 0 Å². The number of nitrogens with one attached hydrogen (secondary N) is 1. The molecule has 160 valence electrons. The highest BCUT2D eigenvalue weighted by Crippen LogP contribution is 2.26. The standard InChI is InChI=1S/C24H19N3O5/c1-14-11-17(15(2)26(14)18-8-4-3-5-9-18)13-20-21(28)25-24(32)27(22(20)29)19-10-6-7-16(12-19)23(30)31/h3-13H,1-2H3,(H,30,31)(H,25,28,32). The van der Waals surface area contributed by atoms with Gasteiger partial charge in [0.2, 0.25) is 0 Å². The third kappa shape index (κ3) is 3.58. The summed E-state index contributed by atoms with van der Waals surface area (Å²) in [5.41, 5.74) is 3.06. The third-order valence-corrected chi connectivity index (χ3v) is 5.24. The van der Waals surface area contributed by atoms with Crippen molar-refractivity contribution in [3.8, 4) is 5.69 Å². The zero-order valence-corrected chi connectivity index (χ0v) is 17.3. The normalized spacial score (nSPS) is 15.2. The Morgan fingerprint density at radius 2 is 1.62 bits per heavy atom. The van der Waals surface area contributed by atoms with Gasteiger partial charge >= 0.3 is 12.0 Å². The second-order valence-electron chi connectivity index (χ2n) is 7.31. The van der Waals surface area contributed by atoms with Gasteiger partial charge in [0.15, 0.2) is 0 Å². The number of carboxylic acid groups (broad SMARTS) is 1. The first-order valence-corrected chi connectivity index (χ1v) is 9.77. The fourth-order valence-electron chi connectivity index (χ4n) is 3.73. The summed E-state index contributed by atoms with van der Waals surface area (Å²) in [6.07, 6.45) is 1.44. The van der Waals surface area contributed by atoms with Gasteiger partial charge in [-0.15, -0.1) is 0 Å². The number of aromatic carboxylic acids is 1. The molecule has 1 fully saturated rings. The lowest BCUT2D eigenvalue weighted by atomic mass is 10.1. The molecule has 0 aliphatic carbocycles. The van der Waals surface area contributed by atoms with Crippen molar-refractivity contribution in [3.63, 3.8) is 0 Å². The molecule has 2 aromatic carbocycles. The van der Waals surface area contributed by atoms with Gasteiger partial charge < -0.3 is 9.67 Å². The summed E-state index contributed by atoms with van der Waals surface area (Å²) < 4.78 is 2.00. The number of urea groups is 1. The number of para-hydroxylation sites is 1. The van der Waals surface area contributed by atoms with Gasteiger partial charge in [-0.3, -0.25) is 14.9 Å². The molecule has 0 radical (unpaired) electrons. The number of rotatable bonds is 4. The van der Waals surface area contributed by atoms with E-state index in [0.29, 0.717) is 5.56 Å². The van der Waals surface area contributed by atoms with Crippen LogP contribution >= 0.6 is 0 Å². The van der Waals surface area contributed by atoms with Crippen LogP contribution < -0.4 is 10.2 Å². The molecule has 4 rings (SSSR count). The summed E-state index contributed by atoms with van der Waals surface area (Å²) in [5.74, 6) is -2.84. The van der Waals surface area contributed by atoms with Crippen molar-refractivity contribution in [2.24, 2.45) is 0 Å². The average molecular weight is 429 g/mol. The molecule has 8 nitrogen and oxygen atoms in total. The SMILES string of the molecule is Cc1cc(C=C2C(=O)NC(=O)N(c3cccc(C(=O)O)c3)C2=O)c(C)n1-c1ccccc1. The van der Waals surface area contributed by atoms with E-state index in [-0.39, 0.29) is 16.8 Å². The van der Waals surface area contributed by atoms with Crippen LogP contribution in [0, 0.1) is 13.8 Å². The zero-order chi connectivity index (χ0) is 23.0. The maximum Gasteiger partial charge on any atom is 0.335 e. The molecule has 8 heteroatoms. The minimum absolute atomic E-state index is 0.0561. The summed E-state index contributed by atoms with van der Waals surface area (Å²) in [6, 6.07) is 16.0. The van der Waals surface area contributed by atoms with Crippen LogP contribution in [0.5, 0.6) is 0 Å². The Morgan fingerprint density at radius 3 is 2.31 bits per heavy atom. The summed E-state index contributed by atoms with van der Waals surface area (Å²) in [6.45, 7) is 3.79. The predicted molar refractivity (Wildman–Crippen MR) is 118 cm³/mol. The van der Waals surface area contributed by atoms with Crippen LogP contribution in [0.2, 0.25) is 0 Å². The number of aromatic nitrogens is 1. The first-order valence-electron chi connectivity index (χ1n) is 9.77. The van der Waals surface area contributed by atoms with Gasteiger partial charge in [0, 0.05) is 17.1 Å². The number of hydrogen-bond donors (Lipinski definition) is 2. The average Bonchev–Trinajstić information content (AvgIpc) is 3.04. The Kier molecular flexibility index (Phi) is 5.19. The number of carbonyl (C=O) groups is 4. The van der Waals surface area contributed by atoms with E-state index in [2.05, 4.69) is 5.32 Å². The first-order chi connectivity index (χ1) is 15.3. The zero-order valence-electron chi connectivity index (χ0n) is 17.3. The van der Waals surface area contributed by atoms with E-state index >= 15 is 0 Å². The van der Waals surface area contributed by atoms with Gasteiger partial charge in [-0.25, -0.2) is 14.5 Å². The molecule has 1 aromatic heterocycles. The van der Waals surface area contributed by atoms with Crippen molar-refractivity contribution in [3.05, 3.63) is 88.8 Å². The van der Waals surface area contributed by atoms with E-state index in [1.807, 2.05) is 54.8 Å². The number of amides is 4. The largest absolute Gasteiger partial charge is 0.478 e. The van der Waals surface area contributed by atoms with Crippen molar-refractivity contribution in [1.82, 2.24) is 9.88 Å². The number of carboxylic acids is 1. The molecular weight excluding hydrogens is 410 g/mol. The van der Waals surface area contributed by atoms with Crippen molar-refractivity contribution in [1.29, 1.82) is 0 Å². The van der Waals surface area contributed by atoms with Gasteiger partial charge in [-0.05, 0) is 61.9 Å². The number of benzene rings is 2. The fraction of sp³-hybridized carbons (Fsp3) is 0.0833. The highest BCUT2D eigenvalue weighted by molar-refractivity contribution is 6.39. The van der Waals surface area contributed by atoms with Crippen molar-refractivity contribution >= 4 is 35.6 Å². The van der Waals surface area contributed by atoms with Gasteiger partial charge in [-0.2, -0.15) is 0 Å². The number of carbonyl (C=O) groups excluding carboxylic acids is 3. The molecule has 0 bridgehead atoms. The Morgan fingerprint density at radius 1 is 0.938 bits per heavy atom. The molecule has 1 aliphatic rings. The van der Waals surface area contributed by atoms with Crippen LogP contribution in [0.25, 0.3) is 11.8 Å². The Hall–Kier alpha value is -4.46. The molecule has 1 saturated heterocycles. The molecule has 3 aromatic rings. The smallest absolute Gasteiger partial charge is 0.335 e. The van der Waals surface area contributed by atoms with Crippen molar-refractivity contribution < 1.29 is 24.3 Å². The number of anilines is 1. The van der Waals surface area contributed by atoms with Crippen molar-refractivity contribution in [2.75, 3.05) is 4.90 Å². The minimum Gasteiger partial charge on any atom is -0.478 e. The molecule has 4 amide bonds. The van der Waals surface area contributed by atoms with Crippen molar-refractivity contribution in [2.45, 2.75) is 13.8 Å². The number of imide groups is 2. The van der Waals surface area contributed by atoms with E-state index in [0.717, 1.165) is 22.0 Å².